The molecule has 11 rings (SSSR count). The smallest absolute Gasteiger partial charge is 0.161 e. The predicted molar refractivity (Wildman–Crippen MR) is 247 cm³/mol. The standard InChI is InChI=1S/C57H40N2/c1-57(2)52-35-41-24-13-12-23-40(41)34-51(52)49-28-16-27-48(55(49)57)47-29-30-50(46-26-15-14-25-45(46)47)56-58-53(39-21-10-5-11-22-39)36-54(59-56)44-32-42(37-17-6-3-7-18-37)31-43(33-44)38-19-8-4-9-20-38/h3-36H,1-2H3. The van der Waals surface area contributed by atoms with Gasteiger partial charge >= 0.3 is 0 Å². The Morgan fingerprint density at radius 1 is 0.322 bits per heavy atom. The van der Waals surface area contributed by atoms with E-state index in [1.54, 1.807) is 0 Å². The van der Waals surface area contributed by atoms with E-state index in [1.165, 1.54) is 49.5 Å². The van der Waals surface area contributed by atoms with E-state index in [0.29, 0.717) is 5.82 Å². The van der Waals surface area contributed by atoms with Crippen molar-refractivity contribution in [2.24, 2.45) is 0 Å². The Bertz CT molecular complexity index is 3160. The van der Waals surface area contributed by atoms with Gasteiger partial charge < -0.3 is 0 Å². The molecular formula is C57H40N2. The first-order valence-electron chi connectivity index (χ1n) is 20.4. The molecule has 1 aliphatic rings. The molecule has 1 heterocycles. The third-order valence-electron chi connectivity index (χ3n) is 12.2. The minimum atomic E-state index is -0.181. The minimum absolute atomic E-state index is 0.181. The molecule has 10 aromatic rings. The summed E-state index contributed by atoms with van der Waals surface area (Å²) in [5, 5.41) is 4.86. The Labute approximate surface area is 345 Å². The van der Waals surface area contributed by atoms with Gasteiger partial charge in [0.15, 0.2) is 5.82 Å². The largest absolute Gasteiger partial charge is 0.228 e. The van der Waals surface area contributed by atoms with Crippen LogP contribution in [0.4, 0.5) is 0 Å². The molecule has 0 amide bonds. The highest BCUT2D eigenvalue weighted by Gasteiger charge is 2.38. The number of aromatic nitrogens is 2. The van der Waals surface area contributed by atoms with E-state index in [0.717, 1.165) is 55.7 Å². The fourth-order valence-corrected chi connectivity index (χ4v) is 9.36. The summed E-state index contributed by atoms with van der Waals surface area (Å²) in [6, 6.07) is 74.3. The summed E-state index contributed by atoms with van der Waals surface area (Å²) in [6.45, 7) is 4.76. The molecule has 0 unspecified atom stereocenters. The first-order valence-corrected chi connectivity index (χ1v) is 20.4. The van der Waals surface area contributed by atoms with E-state index in [1.807, 2.05) is 0 Å². The molecule has 2 nitrogen and oxygen atoms in total. The normalized spacial score (nSPS) is 12.7. The molecule has 2 heteroatoms. The summed E-state index contributed by atoms with van der Waals surface area (Å²) in [5.74, 6) is 0.702. The van der Waals surface area contributed by atoms with E-state index >= 15 is 0 Å². The van der Waals surface area contributed by atoms with Crippen molar-refractivity contribution < 1.29 is 0 Å². The maximum atomic E-state index is 5.45. The van der Waals surface area contributed by atoms with Crippen molar-refractivity contribution in [3.05, 3.63) is 217 Å². The van der Waals surface area contributed by atoms with Crippen LogP contribution < -0.4 is 0 Å². The van der Waals surface area contributed by atoms with Gasteiger partial charge in [-0.3, -0.25) is 0 Å². The van der Waals surface area contributed by atoms with Crippen molar-refractivity contribution in [1.29, 1.82) is 0 Å². The van der Waals surface area contributed by atoms with Crippen LogP contribution in [-0.2, 0) is 5.41 Å². The molecule has 0 fully saturated rings. The third kappa shape index (κ3) is 5.96. The number of hydrogen-bond acceptors (Lipinski definition) is 2. The van der Waals surface area contributed by atoms with Gasteiger partial charge in [-0.2, -0.15) is 0 Å². The lowest BCUT2D eigenvalue weighted by Gasteiger charge is -2.25. The van der Waals surface area contributed by atoms with Crippen molar-refractivity contribution in [1.82, 2.24) is 9.97 Å². The van der Waals surface area contributed by atoms with Crippen LogP contribution in [0, 0.1) is 0 Å². The number of fused-ring (bicyclic) bond motifs is 5. The number of hydrogen-bond donors (Lipinski definition) is 0. The molecule has 0 radical (unpaired) electrons. The monoisotopic (exact) mass is 752 g/mol. The van der Waals surface area contributed by atoms with E-state index in [9.17, 15) is 0 Å². The molecule has 59 heavy (non-hydrogen) atoms. The summed E-state index contributed by atoms with van der Waals surface area (Å²) in [6.07, 6.45) is 0. The summed E-state index contributed by atoms with van der Waals surface area (Å²) >= 11 is 0. The van der Waals surface area contributed by atoms with Crippen LogP contribution in [0.1, 0.15) is 25.0 Å². The lowest BCUT2D eigenvalue weighted by molar-refractivity contribution is 0.663. The van der Waals surface area contributed by atoms with Gasteiger partial charge in [0.1, 0.15) is 0 Å². The van der Waals surface area contributed by atoms with Crippen LogP contribution in [-0.4, -0.2) is 9.97 Å². The molecule has 0 saturated heterocycles. The van der Waals surface area contributed by atoms with Crippen molar-refractivity contribution in [3.8, 4) is 78.4 Å². The summed E-state index contributed by atoms with van der Waals surface area (Å²) in [4.78, 5) is 10.8. The van der Waals surface area contributed by atoms with Crippen LogP contribution in [0.5, 0.6) is 0 Å². The molecule has 0 spiro atoms. The molecule has 1 aromatic heterocycles. The van der Waals surface area contributed by atoms with Crippen LogP contribution >= 0.6 is 0 Å². The second-order valence-electron chi connectivity index (χ2n) is 16.2. The van der Waals surface area contributed by atoms with Gasteiger partial charge in [-0.25, -0.2) is 9.97 Å². The van der Waals surface area contributed by atoms with E-state index in [2.05, 4.69) is 220 Å². The zero-order valence-electron chi connectivity index (χ0n) is 33.0. The van der Waals surface area contributed by atoms with Gasteiger partial charge in [0.25, 0.3) is 0 Å². The summed E-state index contributed by atoms with van der Waals surface area (Å²) in [5.41, 5.74) is 17.2. The summed E-state index contributed by atoms with van der Waals surface area (Å²) < 4.78 is 0. The highest BCUT2D eigenvalue weighted by Crippen LogP contribution is 2.54. The van der Waals surface area contributed by atoms with Crippen molar-refractivity contribution in [2.45, 2.75) is 19.3 Å². The Balaban J connectivity index is 1.11. The Kier molecular flexibility index (Phi) is 8.20. The van der Waals surface area contributed by atoms with Crippen LogP contribution in [0.3, 0.4) is 0 Å². The van der Waals surface area contributed by atoms with Gasteiger partial charge in [-0.1, -0.05) is 178 Å². The Morgan fingerprint density at radius 2 is 0.797 bits per heavy atom. The van der Waals surface area contributed by atoms with Crippen LogP contribution in [0.2, 0.25) is 0 Å². The first kappa shape index (κ1) is 34.8. The van der Waals surface area contributed by atoms with Crippen molar-refractivity contribution in [2.75, 3.05) is 0 Å². The van der Waals surface area contributed by atoms with Crippen molar-refractivity contribution in [3.63, 3.8) is 0 Å². The van der Waals surface area contributed by atoms with Gasteiger partial charge in [-0.05, 0) is 120 Å². The Morgan fingerprint density at radius 3 is 1.42 bits per heavy atom. The molecule has 9 aromatic carbocycles. The van der Waals surface area contributed by atoms with Gasteiger partial charge in [0.05, 0.1) is 11.4 Å². The first-order chi connectivity index (χ1) is 29.0. The average molecular weight is 753 g/mol. The van der Waals surface area contributed by atoms with Gasteiger partial charge in [0.2, 0.25) is 0 Å². The summed E-state index contributed by atoms with van der Waals surface area (Å²) in [7, 11) is 0. The molecule has 0 atom stereocenters. The number of rotatable bonds is 6. The molecular weight excluding hydrogens is 713 g/mol. The van der Waals surface area contributed by atoms with E-state index in [4.69, 9.17) is 9.97 Å². The van der Waals surface area contributed by atoms with Crippen LogP contribution in [0.15, 0.2) is 206 Å². The topological polar surface area (TPSA) is 25.8 Å². The lowest BCUT2D eigenvalue weighted by Crippen LogP contribution is -2.16. The maximum absolute atomic E-state index is 5.45. The molecule has 0 bridgehead atoms. The average Bonchev–Trinajstić information content (AvgIpc) is 3.53. The highest BCUT2D eigenvalue weighted by molar-refractivity contribution is 6.06. The SMILES string of the molecule is CC1(C)c2cc3ccccc3cc2-c2cccc(-c3ccc(-c4nc(-c5ccccc5)cc(-c5cc(-c6ccccc6)cc(-c6ccccc6)c5)n4)c4ccccc34)c21. The van der Waals surface area contributed by atoms with Gasteiger partial charge in [-0.15, -0.1) is 0 Å². The van der Waals surface area contributed by atoms with E-state index < -0.39 is 0 Å². The zero-order valence-corrected chi connectivity index (χ0v) is 33.0. The quantitative estimate of drug-likeness (QED) is 0.169. The molecule has 278 valence electrons. The van der Waals surface area contributed by atoms with Crippen molar-refractivity contribution >= 4 is 21.5 Å². The second-order valence-corrected chi connectivity index (χ2v) is 16.2. The van der Waals surface area contributed by atoms with Gasteiger partial charge in [0, 0.05) is 22.1 Å². The molecule has 0 saturated carbocycles. The fourth-order valence-electron chi connectivity index (χ4n) is 9.36. The molecule has 1 aliphatic carbocycles. The van der Waals surface area contributed by atoms with Crippen LogP contribution in [0.25, 0.3) is 100.0 Å². The molecule has 0 aliphatic heterocycles. The van der Waals surface area contributed by atoms with E-state index in [-0.39, 0.29) is 5.41 Å². The predicted octanol–water partition coefficient (Wildman–Crippen LogP) is 15.1. The fraction of sp³-hybridized carbons (Fsp3) is 0.0526. The number of benzene rings is 9. The Hall–Kier alpha value is -7.42. The zero-order chi connectivity index (χ0) is 39.5. The second kappa shape index (κ2) is 13.9. The molecule has 0 N–H and O–H groups in total. The maximum Gasteiger partial charge on any atom is 0.161 e. The highest BCUT2D eigenvalue weighted by atomic mass is 14.9. The number of nitrogens with zero attached hydrogens (tertiary/aromatic N) is 2. The third-order valence-corrected chi connectivity index (χ3v) is 12.2. The minimum Gasteiger partial charge on any atom is -0.228 e. The lowest BCUT2D eigenvalue weighted by atomic mass is 9.78.